The van der Waals surface area contributed by atoms with Crippen LogP contribution in [-0.2, 0) is 0 Å². The van der Waals surface area contributed by atoms with Gasteiger partial charge in [0.15, 0.2) is 17.5 Å². The largest absolute Gasteiger partial charge is 0.455 e. The van der Waals surface area contributed by atoms with E-state index >= 15 is 0 Å². The fraction of sp³-hybridized carbons (Fsp3) is 0. The molecule has 2 heterocycles. The maximum absolute atomic E-state index is 6.41. The fourth-order valence-corrected chi connectivity index (χ4v) is 5.45. The summed E-state index contributed by atoms with van der Waals surface area (Å²) in [5, 5.41) is 4.35. The third kappa shape index (κ3) is 4.14. The topological polar surface area (TPSA) is 51.8 Å². The van der Waals surface area contributed by atoms with E-state index in [1.54, 1.807) is 0 Å². The van der Waals surface area contributed by atoms with Crippen LogP contribution in [0.2, 0.25) is 0 Å². The van der Waals surface area contributed by atoms with Gasteiger partial charge in [0, 0.05) is 32.8 Å². The van der Waals surface area contributed by atoms with Crippen LogP contribution in [-0.4, -0.2) is 15.0 Å². The highest BCUT2D eigenvalue weighted by atomic mass is 16.3. The molecule has 6 aromatic carbocycles. The Morgan fingerprint density at radius 3 is 1.54 bits per heavy atom. The van der Waals surface area contributed by atoms with Crippen molar-refractivity contribution in [1.29, 1.82) is 0 Å². The van der Waals surface area contributed by atoms with Crippen LogP contribution in [0.3, 0.4) is 0 Å². The van der Waals surface area contributed by atoms with Gasteiger partial charge in [0.2, 0.25) is 0 Å². The Morgan fingerprint density at radius 2 is 0.902 bits per heavy atom. The number of hydrogen-bond donors (Lipinski definition) is 0. The second kappa shape index (κ2) is 9.54. The van der Waals surface area contributed by atoms with E-state index in [2.05, 4.69) is 72.8 Å². The van der Waals surface area contributed by atoms with Gasteiger partial charge in [-0.2, -0.15) is 0 Å². The molecule has 0 aliphatic rings. The van der Waals surface area contributed by atoms with E-state index in [0.717, 1.165) is 49.4 Å². The summed E-state index contributed by atoms with van der Waals surface area (Å²) >= 11 is 0. The summed E-state index contributed by atoms with van der Waals surface area (Å²) in [4.78, 5) is 14.6. The SMILES string of the molecule is c1ccc(-c2ccc3oc4c5ccc(-c6nc(-c7ccccc7)nc(-c7ccccc7)n6)cc5ccc4c3c2)cc1. The molecule has 0 radical (unpaired) electrons. The van der Waals surface area contributed by atoms with Gasteiger partial charge in [0.25, 0.3) is 0 Å². The highest BCUT2D eigenvalue weighted by Gasteiger charge is 2.15. The first-order valence-electron chi connectivity index (χ1n) is 13.6. The molecule has 41 heavy (non-hydrogen) atoms. The molecule has 4 nitrogen and oxygen atoms in total. The third-order valence-electron chi connectivity index (χ3n) is 7.52. The molecule has 0 N–H and O–H groups in total. The summed E-state index contributed by atoms with van der Waals surface area (Å²) in [5.74, 6) is 1.94. The van der Waals surface area contributed by atoms with Crippen molar-refractivity contribution in [1.82, 2.24) is 15.0 Å². The standard InChI is InChI=1S/C37H23N3O/c1-4-10-24(11-5-1)27-18-21-33-32(23-27)31-20-16-28-22-29(17-19-30(28)34(31)41-33)37-39-35(25-12-6-2-7-13-25)38-36(40-37)26-14-8-3-9-15-26/h1-23H. The molecule has 0 amide bonds. The Morgan fingerprint density at radius 1 is 0.366 bits per heavy atom. The molecular formula is C37H23N3O. The van der Waals surface area contributed by atoms with Crippen molar-refractivity contribution in [3.8, 4) is 45.3 Å². The van der Waals surface area contributed by atoms with Gasteiger partial charge < -0.3 is 4.42 Å². The Labute approximate surface area is 236 Å². The number of hydrogen-bond acceptors (Lipinski definition) is 4. The van der Waals surface area contributed by atoms with Crippen LogP contribution >= 0.6 is 0 Å². The van der Waals surface area contributed by atoms with Crippen molar-refractivity contribution < 1.29 is 4.42 Å². The van der Waals surface area contributed by atoms with E-state index in [4.69, 9.17) is 19.4 Å². The Kier molecular flexibility index (Phi) is 5.42. The van der Waals surface area contributed by atoms with Gasteiger partial charge in [-0.05, 0) is 46.8 Å². The van der Waals surface area contributed by atoms with Gasteiger partial charge in [-0.25, -0.2) is 15.0 Å². The van der Waals surface area contributed by atoms with E-state index in [9.17, 15) is 0 Å². The lowest BCUT2D eigenvalue weighted by Crippen LogP contribution is -2.00. The minimum atomic E-state index is 0.636. The minimum Gasteiger partial charge on any atom is -0.455 e. The second-order valence-electron chi connectivity index (χ2n) is 10.1. The third-order valence-corrected chi connectivity index (χ3v) is 7.52. The van der Waals surface area contributed by atoms with Crippen molar-refractivity contribution in [3.63, 3.8) is 0 Å². The molecule has 2 aromatic heterocycles. The van der Waals surface area contributed by atoms with Crippen molar-refractivity contribution in [2.24, 2.45) is 0 Å². The number of aromatic nitrogens is 3. The molecule has 0 aliphatic carbocycles. The van der Waals surface area contributed by atoms with Crippen molar-refractivity contribution in [2.45, 2.75) is 0 Å². The van der Waals surface area contributed by atoms with E-state index in [1.807, 2.05) is 66.7 Å². The number of fused-ring (bicyclic) bond motifs is 5. The molecule has 0 saturated carbocycles. The highest BCUT2D eigenvalue weighted by Crippen LogP contribution is 2.37. The van der Waals surface area contributed by atoms with Crippen LogP contribution in [0.15, 0.2) is 144 Å². The zero-order valence-corrected chi connectivity index (χ0v) is 22.0. The average molecular weight is 526 g/mol. The number of benzene rings is 6. The van der Waals surface area contributed by atoms with Gasteiger partial charge >= 0.3 is 0 Å². The monoisotopic (exact) mass is 525 g/mol. The molecular weight excluding hydrogens is 502 g/mol. The van der Waals surface area contributed by atoms with Crippen LogP contribution < -0.4 is 0 Å². The first kappa shape index (κ1) is 23.3. The van der Waals surface area contributed by atoms with Crippen molar-refractivity contribution in [3.05, 3.63) is 140 Å². The molecule has 0 spiro atoms. The molecule has 192 valence electrons. The first-order chi connectivity index (χ1) is 20.3. The molecule has 0 aliphatic heterocycles. The summed E-state index contributed by atoms with van der Waals surface area (Å²) in [6.45, 7) is 0. The predicted molar refractivity (Wildman–Crippen MR) is 166 cm³/mol. The Hall–Kier alpha value is -5.61. The van der Waals surface area contributed by atoms with E-state index < -0.39 is 0 Å². The Bertz CT molecular complexity index is 2130. The summed E-state index contributed by atoms with van der Waals surface area (Å²) in [6.07, 6.45) is 0. The summed E-state index contributed by atoms with van der Waals surface area (Å²) < 4.78 is 6.41. The number of rotatable bonds is 4. The molecule has 0 atom stereocenters. The molecule has 8 aromatic rings. The zero-order valence-electron chi connectivity index (χ0n) is 22.0. The van der Waals surface area contributed by atoms with E-state index in [0.29, 0.717) is 17.5 Å². The lowest BCUT2D eigenvalue weighted by molar-refractivity contribution is 0.672. The van der Waals surface area contributed by atoms with Gasteiger partial charge in [0.05, 0.1) is 0 Å². The van der Waals surface area contributed by atoms with Gasteiger partial charge in [-0.15, -0.1) is 0 Å². The first-order valence-corrected chi connectivity index (χ1v) is 13.6. The van der Waals surface area contributed by atoms with Gasteiger partial charge in [0.1, 0.15) is 11.2 Å². The summed E-state index contributed by atoms with van der Waals surface area (Å²) in [5.41, 5.74) is 6.97. The maximum atomic E-state index is 6.41. The zero-order chi connectivity index (χ0) is 27.2. The average Bonchev–Trinajstić information content (AvgIpc) is 3.44. The van der Waals surface area contributed by atoms with Crippen LogP contribution in [0, 0.1) is 0 Å². The fourth-order valence-electron chi connectivity index (χ4n) is 5.45. The lowest BCUT2D eigenvalue weighted by atomic mass is 10.0. The van der Waals surface area contributed by atoms with Gasteiger partial charge in [-0.3, -0.25) is 0 Å². The maximum Gasteiger partial charge on any atom is 0.164 e. The van der Waals surface area contributed by atoms with Crippen LogP contribution in [0.4, 0.5) is 0 Å². The number of nitrogens with zero attached hydrogens (tertiary/aromatic N) is 3. The summed E-state index contributed by atoms with van der Waals surface area (Å²) in [7, 11) is 0. The molecule has 0 fully saturated rings. The van der Waals surface area contributed by atoms with Gasteiger partial charge in [-0.1, -0.05) is 109 Å². The normalized spacial score (nSPS) is 11.4. The lowest BCUT2D eigenvalue weighted by Gasteiger charge is -2.09. The number of furan rings is 1. The molecule has 4 heteroatoms. The Balaban J connectivity index is 1.27. The van der Waals surface area contributed by atoms with Crippen LogP contribution in [0.5, 0.6) is 0 Å². The van der Waals surface area contributed by atoms with Crippen LogP contribution in [0.1, 0.15) is 0 Å². The smallest absolute Gasteiger partial charge is 0.164 e. The molecule has 0 saturated heterocycles. The predicted octanol–water partition coefficient (Wildman–Crippen LogP) is 9.59. The van der Waals surface area contributed by atoms with Crippen molar-refractivity contribution >= 4 is 32.7 Å². The van der Waals surface area contributed by atoms with E-state index in [-0.39, 0.29) is 0 Å². The highest BCUT2D eigenvalue weighted by molar-refractivity contribution is 6.16. The van der Waals surface area contributed by atoms with Crippen LogP contribution in [0.25, 0.3) is 78.0 Å². The van der Waals surface area contributed by atoms with E-state index in [1.165, 1.54) is 11.1 Å². The quantitative estimate of drug-likeness (QED) is 0.230. The molecule has 0 bridgehead atoms. The second-order valence-corrected chi connectivity index (χ2v) is 10.1. The molecule has 8 rings (SSSR count). The molecule has 0 unspecified atom stereocenters. The van der Waals surface area contributed by atoms with Crippen molar-refractivity contribution in [2.75, 3.05) is 0 Å². The summed E-state index contributed by atoms with van der Waals surface area (Å²) in [6, 6.07) is 47.6. The minimum absolute atomic E-state index is 0.636.